The minimum absolute atomic E-state index is 0.00856. The van der Waals surface area contributed by atoms with Crippen LogP contribution in [0.25, 0.3) is 32.8 Å². The monoisotopic (exact) mass is 943 g/mol. The zero-order valence-corrected chi connectivity index (χ0v) is 38.9. The van der Waals surface area contributed by atoms with Crippen molar-refractivity contribution < 1.29 is 48.1 Å². The van der Waals surface area contributed by atoms with Crippen LogP contribution in [-0.4, -0.2) is 129 Å². The molecule has 68 heavy (non-hydrogen) atoms. The van der Waals surface area contributed by atoms with E-state index in [2.05, 4.69) is 15.3 Å². The Bertz CT molecular complexity index is 3060. The molecule has 0 aliphatic carbocycles. The molecule has 5 heterocycles. The van der Waals surface area contributed by atoms with Gasteiger partial charge in [0.2, 0.25) is 11.8 Å². The standard InChI is InChI=1S/C50H50ClN7O10/c1-28-42(29(2)54(3)53-28)44-36(51)15-14-34-33(12-8-24-67-39-26-31(66-4)25-30-9-5-6-10-32(30)39)46(50(64)65)57(45(34)44)23-20-55-18-21-56(22-19-55)41(60)27-68-38-13-7-11-35-43(38)49(63)58(48(35)62)37-16-17-40(59)52-47(37)61/h5-7,9-11,13-15,25-26,37H,8,12,16-24,27H2,1-4H3,(H,64,65)(H,52,59,61). The quantitative estimate of drug-likeness (QED) is 0.0929. The van der Waals surface area contributed by atoms with E-state index in [1.165, 1.54) is 12.1 Å². The lowest BCUT2D eigenvalue weighted by molar-refractivity contribution is -0.136. The first-order valence-electron chi connectivity index (χ1n) is 22.5. The maximum Gasteiger partial charge on any atom is 0.352 e. The molecule has 5 amide bonds. The maximum atomic E-state index is 13.5. The van der Waals surface area contributed by atoms with Crippen LogP contribution in [0.2, 0.25) is 5.02 Å². The number of carbonyl (C=O) groups is 6. The van der Waals surface area contributed by atoms with E-state index in [-0.39, 0.29) is 41.3 Å². The summed E-state index contributed by atoms with van der Waals surface area (Å²) in [5, 5.41) is 21.0. The first-order chi connectivity index (χ1) is 32.7. The number of carboxylic acids is 1. The smallest absolute Gasteiger partial charge is 0.352 e. The second-order valence-corrected chi connectivity index (χ2v) is 17.6. The van der Waals surface area contributed by atoms with Crippen molar-refractivity contribution in [1.29, 1.82) is 0 Å². The number of aryl methyl sites for hydroxylation is 3. The van der Waals surface area contributed by atoms with Crippen LogP contribution in [0.5, 0.6) is 17.2 Å². The van der Waals surface area contributed by atoms with Gasteiger partial charge in [-0.25, -0.2) is 4.79 Å². The number of carbonyl (C=O) groups excluding carboxylic acids is 5. The van der Waals surface area contributed by atoms with Crippen molar-refractivity contribution in [2.75, 3.05) is 53.0 Å². The number of ether oxygens (including phenoxy) is 3. The number of hydrogen-bond donors (Lipinski definition) is 2. The normalized spacial score (nSPS) is 16.5. The van der Waals surface area contributed by atoms with E-state index in [0.717, 1.165) is 38.0 Å². The Morgan fingerprint density at radius 3 is 2.37 bits per heavy atom. The van der Waals surface area contributed by atoms with Crippen molar-refractivity contribution in [3.63, 3.8) is 0 Å². The largest absolute Gasteiger partial charge is 0.497 e. The van der Waals surface area contributed by atoms with Crippen LogP contribution in [0.3, 0.4) is 0 Å². The molecule has 9 rings (SSSR count). The van der Waals surface area contributed by atoms with Gasteiger partial charge in [0.15, 0.2) is 6.61 Å². The van der Waals surface area contributed by atoms with Crippen molar-refractivity contribution >= 4 is 68.8 Å². The van der Waals surface area contributed by atoms with Crippen LogP contribution in [0.15, 0.2) is 66.7 Å². The first-order valence-corrected chi connectivity index (χ1v) is 22.9. The van der Waals surface area contributed by atoms with Crippen LogP contribution in [0, 0.1) is 13.8 Å². The van der Waals surface area contributed by atoms with Gasteiger partial charge in [-0.2, -0.15) is 5.10 Å². The van der Waals surface area contributed by atoms with Gasteiger partial charge in [0.05, 0.1) is 41.1 Å². The second-order valence-electron chi connectivity index (χ2n) is 17.2. The number of aromatic carboxylic acids is 1. The number of fused-ring (bicyclic) bond motifs is 3. The zero-order chi connectivity index (χ0) is 48.0. The summed E-state index contributed by atoms with van der Waals surface area (Å²) in [6.45, 7) is 6.34. The van der Waals surface area contributed by atoms with Crippen molar-refractivity contribution in [3.8, 4) is 28.4 Å². The number of hydrogen-bond acceptors (Lipinski definition) is 11. The summed E-state index contributed by atoms with van der Waals surface area (Å²) in [4.78, 5) is 82.8. The average Bonchev–Trinajstić information content (AvgIpc) is 3.89. The molecule has 2 fully saturated rings. The van der Waals surface area contributed by atoms with Crippen LogP contribution < -0.4 is 19.5 Å². The lowest BCUT2D eigenvalue weighted by Crippen LogP contribution is -2.54. The number of imide groups is 2. The van der Waals surface area contributed by atoms with Crippen molar-refractivity contribution in [2.24, 2.45) is 7.05 Å². The van der Waals surface area contributed by atoms with Gasteiger partial charge in [-0.05, 0) is 68.3 Å². The number of piperidine rings is 1. The highest BCUT2D eigenvalue weighted by molar-refractivity contribution is 6.35. The average molecular weight is 944 g/mol. The first kappa shape index (κ1) is 45.9. The van der Waals surface area contributed by atoms with E-state index < -0.39 is 42.2 Å². The molecule has 0 saturated carbocycles. The van der Waals surface area contributed by atoms with Gasteiger partial charge in [0.25, 0.3) is 17.7 Å². The van der Waals surface area contributed by atoms with Gasteiger partial charge in [-0.3, -0.25) is 43.8 Å². The lowest BCUT2D eigenvalue weighted by atomic mass is 9.98. The highest BCUT2D eigenvalue weighted by atomic mass is 35.5. The molecule has 0 radical (unpaired) electrons. The number of carboxylic acid groups (broad SMARTS) is 1. The number of rotatable bonds is 15. The Balaban J connectivity index is 0.906. The third-order valence-electron chi connectivity index (χ3n) is 13.2. The summed E-state index contributed by atoms with van der Waals surface area (Å²) in [6, 6.07) is 18.8. The topological polar surface area (TPSA) is 195 Å². The number of methoxy groups -OCH3 is 1. The molecule has 2 saturated heterocycles. The number of benzene rings is 4. The van der Waals surface area contributed by atoms with Crippen molar-refractivity contribution in [2.45, 2.75) is 52.1 Å². The molecular formula is C50H50ClN7O10. The molecule has 1 atom stereocenters. The highest BCUT2D eigenvalue weighted by Crippen LogP contribution is 2.42. The molecule has 3 aliphatic rings. The summed E-state index contributed by atoms with van der Waals surface area (Å²) in [5.41, 5.74) is 4.80. The zero-order valence-electron chi connectivity index (χ0n) is 38.1. The van der Waals surface area contributed by atoms with Crippen molar-refractivity contribution in [3.05, 3.63) is 106 Å². The van der Waals surface area contributed by atoms with Gasteiger partial charge in [0.1, 0.15) is 29.0 Å². The van der Waals surface area contributed by atoms with Crippen LogP contribution in [0.4, 0.5) is 0 Å². The molecule has 1 unspecified atom stereocenters. The molecule has 2 N–H and O–H groups in total. The number of halogens is 1. The fourth-order valence-corrected chi connectivity index (χ4v) is 10.0. The third kappa shape index (κ3) is 8.40. The van der Waals surface area contributed by atoms with Gasteiger partial charge in [0, 0.05) is 86.4 Å². The highest BCUT2D eigenvalue weighted by Gasteiger charge is 2.46. The van der Waals surface area contributed by atoms with E-state index in [4.69, 9.17) is 25.8 Å². The maximum absolute atomic E-state index is 13.5. The van der Waals surface area contributed by atoms with E-state index in [9.17, 15) is 33.9 Å². The molecule has 352 valence electrons. The number of aromatic nitrogens is 3. The summed E-state index contributed by atoms with van der Waals surface area (Å²) in [5.74, 6) is -2.56. The predicted molar refractivity (Wildman–Crippen MR) is 252 cm³/mol. The predicted octanol–water partition coefficient (Wildman–Crippen LogP) is 5.81. The summed E-state index contributed by atoms with van der Waals surface area (Å²) < 4.78 is 21.4. The molecule has 17 nitrogen and oxygen atoms in total. The molecule has 0 bridgehead atoms. The van der Waals surface area contributed by atoms with Crippen LogP contribution in [-0.2, 0) is 34.4 Å². The fraction of sp³-hybridized carbons (Fsp3) is 0.340. The molecule has 2 aromatic heterocycles. The molecule has 0 spiro atoms. The molecular weight excluding hydrogens is 894 g/mol. The minimum atomic E-state index is -1.13. The number of nitrogens with one attached hydrogen (secondary N) is 1. The molecule has 3 aliphatic heterocycles. The van der Waals surface area contributed by atoms with Crippen LogP contribution >= 0.6 is 11.6 Å². The third-order valence-corrected chi connectivity index (χ3v) is 13.6. The second kappa shape index (κ2) is 18.8. The summed E-state index contributed by atoms with van der Waals surface area (Å²) >= 11 is 7.08. The Morgan fingerprint density at radius 1 is 0.868 bits per heavy atom. The van der Waals surface area contributed by atoms with E-state index in [1.807, 2.05) is 74.0 Å². The van der Waals surface area contributed by atoms with E-state index in [1.54, 1.807) is 22.8 Å². The number of piperazine rings is 1. The fourth-order valence-electron chi connectivity index (χ4n) is 9.80. The Labute approximate surface area is 396 Å². The molecule has 6 aromatic rings. The minimum Gasteiger partial charge on any atom is -0.497 e. The molecule has 4 aromatic carbocycles. The van der Waals surface area contributed by atoms with Gasteiger partial charge >= 0.3 is 5.97 Å². The molecule has 18 heteroatoms. The number of nitrogens with zero attached hydrogens (tertiary/aromatic N) is 6. The summed E-state index contributed by atoms with van der Waals surface area (Å²) in [6.07, 6.45) is 0.943. The lowest BCUT2D eigenvalue weighted by Gasteiger charge is -2.35. The van der Waals surface area contributed by atoms with Gasteiger partial charge < -0.3 is 28.8 Å². The Kier molecular flexibility index (Phi) is 12.7. The van der Waals surface area contributed by atoms with Crippen molar-refractivity contribution in [1.82, 2.24) is 34.4 Å². The van der Waals surface area contributed by atoms with E-state index in [0.29, 0.717) is 91.9 Å². The Hall–Kier alpha value is -7.24. The number of amides is 5. The van der Waals surface area contributed by atoms with Crippen LogP contribution in [0.1, 0.15) is 67.4 Å². The SMILES string of the molecule is COc1cc(OCCCc2c(C(=O)O)n(CCN3CCN(C(=O)COc4cccc5c4C(=O)N(C4CCC(=O)NC4=O)C5=O)CC3)c3c(-c4c(C)nn(C)c4C)c(Cl)ccc23)c2ccccc2c1. The summed E-state index contributed by atoms with van der Waals surface area (Å²) in [7, 11) is 3.48. The van der Waals surface area contributed by atoms with E-state index >= 15 is 0 Å². The Morgan fingerprint density at radius 2 is 1.65 bits per heavy atom. The van der Waals surface area contributed by atoms with Gasteiger partial charge in [-0.15, -0.1) is 0 Å². The van der Waals surface area contributed by atoms with Gasteiger partial charge in [-0.1, -0.05) is 48.0 Å².